The van der Waals surface area contributed by atoms with Crippen LogP contribution in [0, 0.1) is 22.7 Å². The first-order valence-electron chi connectivity index (χ1n) is 13.6. The van der Waals surface area contributed by atoms with Crippen LogP contribution >= 0.6 is 0 Å². The van der Waals surface area contributed by atoms with Gasteiger partial charge in [-0.05, 0) is 38.2 Å². The number of ether oxygens (including phenoxy) is 2. The topological polar surface area (TPSA) is 163 Å². The molecule has 3 rings (SSSR count). The van der Waals surface area contributed by atoms with Gasteiger partial charge in [-0.2, -0.15) is 5.26 Å². The van der Waals surface area contributed by atoms with Gasteiger partial charge in [0.05, 0.1) is 18.3 Å². The van der Waals surface area contributed by atoms with Crippen molar-refractivity contribution in [2.24, 2.45) is 11.3 Å². The summed E-state index contributed by atoms with van der Waals surface area (Å²) in [5.41, 5.74) is -0.0173. The summed E-state index contributed by atoms with van der Waals surface area (Å²) in [4.78, 5) is 57.4. The van der Waals surface area contributed by atoms with Crippen molar-refractivity contribution in [3.8, 4) is 6.07 Å². The van der Waals surface area contributed by atoms with E-state index in [1.165, 1.54) is 4.90 Å². The van der Waals surface area contributed by atoms with E-state index in [9.17, 15) is 24.4 Å². The number of rotatable bonds is 10. The van der Waals surface area contributed by atoms with Gasteiger partial charge in [0.25, 0.3) is 0 Å². The van der Waals surface area contributed by atoms with Gasteiger partial charge < -0.3 is 30.3 Å². The van der Waals surface area contributed by atoms with E-state index in [1.807, 2.05) is 34.6 Å². The van der Waals surface area contributed by atoms with E-state index < -0.39 is 47.6 Å². The summed E-state index contributed by atoms with van der Waals surface area (Å²) >= 11 is 0. The molecule has 0 saturated carbocycles. The van der Waals surface area contributed by atoms with Crippen molar-refractivity contribution in [3.05, 3.63) is 30.1 Å². The number of amides is 4. The van der Waals surface area contributed by atoms with Crippen LogP contribution in [0.2, 0.25) is 0 Å². The normalized spacial score (nSPS) is 22.3. The zero-order valence-electron chi connectivity index (χ0n) is 23.8. The molecule has 0 aliphatic carbocycles. The first-order valence-corrected chi connectivity index (χ1v) is 13.6. The van der Waals surface area contributed by atoms with E-state index in [4.69, 9.17) is 9.47 Å². The van der Waals surface area contributed by atoms with E-state index in [0.29, 0.717) is 18.5 Å². The van der Waals surface area contributed by atoms with E-state index in [1.54, 1.807) is 24.5 Å². The minimum atomic E-state index is -1.00. The Bertz CT molecular complexity index is 1100. The smallest absolute Gasteiger partial charge is 0.408 e. The third kappa shape index (κ3) is 8.39. The highest BCUT2D eigenvalue weighted by Gasteiger charge is 2.46. The van der Waals surface area contributed by atoms with Gasteiger partial charge in [-0.1, -0.05) is 26.8 Å². The lowest BCUT2D eigenvalue weighted by Crippen LogP contribution is -2.58. The van der Waals surface area contributed by atoms with Gasteiger partial charge in [0.15, 0.2) is 0 Å². The quantitative estimate of drug-likeness (QED) is 0.392. The first-order chi connectivity index (χ1) is 18.9. The summed E-state index contributed by atoms with van der Waals surface area (Å²) in [6.07, 6.45) is 2.91. The molecule has 12 nitrogen and oxygen atoms in total. The maximum atomic E-state index is 13.9. The highest BCUT2D eigenvalue weighted by Crippen LogP contribution is 2.28. The molecule has 3 N–H and O–H groups in total. The predicted molar refractivity (Wildman–Crippen MR) is 144 cm³/mol. The number of carbonyl (C=O) groups is 4. The van der Waals surface area contributed by atoms with Gasteiger partial charge >= 0.3 is 6.09 Å². The molecule has 2 aliphatic heterocycles. The number of pyridine rings is 1. The molecule has 1 aromatic rings. The standard InChI is InChI=1S/C28H40N6O6/c1-17(2)40-21-12-22(25(36)32-20(13-29)11-19-8-10-31-24(19)35)34(15-21)26(37)23(28(3,4)5)33-27(38)39-16-18-7-6-9-30-14-18/h6-7,9,14,17,19-23H,8,10-12,15-16H2,1-5H3,(H,31,35)(H,32,36)(H,33,38)/t19-,20?,21-,22+,23-/m1/s1. The van der Waals surface area contributed by atoms with E-state index in [0.717, 1.165) is 0 Å². The maximum Gasteiger partial charge on any atom is 0.408 e. The molecule has 2 saturated heterocycles. The Labute approximate surface area is 235 Å². The van der Waals surface area contributed by atoms with Crippen LogP contribution in [0.1, 0.15) is 59.4 Å². The van der Waals surface area contributed by atoms with E-state index in [-0.39, 0.29) is 43.9 Å². The van der Waals surface area contributed by atoms with Crippen molar-refractivity contribution in [2.75, 3.05) is 13.1 Å². The summed E-state index contributed by atoms with van der Waals surface area (Å²) in [7, 11) is 0. The number of nitriles is 1. The fraction of sp³-hybridized carbons (Fsp3) is 0.643. The van der Waals surface area contributed by atoms with Gasteiger partial charge in [0.2, 0.25) is 17.7 Å². The SMILES string of the molecule is CC(C)O[C@@H]1C[C@@H](C(=O)NC(C#N)C[C@H]2CCNC2=O)N(C(=O)[C@@H](NC(=O)OCc2cccnc2)C(C)(C)C)C1. The van der Waals surface area contributed by atoms with Crippen LogP contribution in [0.3, 0.4) is 0 Å². The van der Waals surface area contributed by atoms with Crippen molar-refractivity contribution >= 4 is 23.8 Å². The lowest BCUT2D eigenvalue weighted by molar-refractivity contribution is -0.142. The molecule has 12 heteroatoms. The van der Waals surface area contributed by atoms with Crippen LogP contribution in [0.5, 0.6) is 0 Å². The molecule has 3 heterocycles. The van der Waals surface area contributed by atoms with Crippen molar-refractivity contribution in [1.82, 2.24) is 25.8 Å². The lowest BCUT2D eigenvalue weighted by Gasteiger charge is -2.35. The average Bonchev–Trinajstić information content (AvgIpc) is 3.50. The molecule has 2 aliphatic rings. The molecule has 0 bridgehead atoms. The minimum Gasteiger partial charge on any atom is -0.445 e. The molecule has 0 aromatic carbocycles. The highest BCUT2D eigenvalue weighted by atomic mass is 16.5. The maximum absolute atomic E-state index is 13.9. The van der Waals surface area contributed by atoms with Crippen molar-refractivity contribution < 1.29 is 28.7 Å². The lowest BCUT2D eigenvalue weighted by atomic mass is 9.85. The fourth-order valence-corrected chi connectivity index (χ4v) is 4.95. The monoisotopic (exact) mass is 556 g/mol. The molecular formula is C28H40N6O6. The van der Waals surface area contributed by atoms with Crippen LogP contribution in [-0.4, -0.2) is 77.1 Å². The molecule has 2 fully saturated rings. The number of hydrogen-bond donors (Lipinski definition) is 3. The summed E-state index contributed by atoms with van der Waals surface area (Å²) in [5, 5.41) is 17.8. The molecule has 1 unspecified atom stereocenters. The van der Waals surface area contributed by atoms with Crippen LogP contribution in [0.15, 0.2) is 24.5 Å². The molecule has 0 spiro atoms. The number of alkyl carbamates (subject to hydrolysis) is 1. The number of aromatic nitrogens is 1. The Balaban J connectivity index is 1.74. The summed E-state index contributed by atoms with van der Waals surface area (Å²) in [6.45, 7) is 9.84. The first kappa shape index (κ1) is 30.8. The molecular weight excluding hydrogens is 516 g/mol. The molecule has 0 radical (unpaired) electrons. The third-order valence-electron chi connectivity index (χ3n) is 6.94. The van der Waals surface area contributed by atoms with Crippen LogP contribution in [-0.2, 0) is 30.5 Å². The Morgan fingerprint density at radius 1 is 1.27 bits per heavy atom. The van der Waals surface area contributed by atoms with Gasteiger partial charge in [-0.25, -0.2) is 4.79 Å². The second-order valence-electron chi connectivity index (χ2n) is 11.6. The van der Waals surface area contributed by atoms with Crippen molar-refractivity contribution in [1.29, 1.82) is 5.26 Å². The van der Waals surface area contributed by atoms with E-state index in [2.05, 4.69) is 27.0 Å². The largest absolute Gasteiger partial charge is 0.445 e. The Hall–Kier alpha value is -3.72. The zero-order valence-corrected chi connectivity index (χ0v) is 23.8. The van der Waals surface area contributed by atoms with Gasteiger partial charge in [0.1, 0.15) is 24.7 Å². The summed E-state index contributed by atoms with van der Waals surface area (Å²) in [6, 6.07) is 2.76. The minimum absolute atomic E-state index is 0.0155. The second-order valence-corrected chi connectivity index (χ2v) is 11.6. The number of nitrogens with one attached hydrogen (secondary N) is 3. The van der Waals surface area contributed by atoms with Gasteiger partial charge in [-0.15, -0.1) is 0 Å². The molecule has 5 atom stereocenters. The number of likely N-dealkylation sites (tertiary alicyclic amines) is 1. The fourth-order valence-electron chi connectivity index (χ4n) is 4.95. The van der Waals surface area contributed by atoms with Gasteiger partial charge in [-0.3, -0.25) is 19.4 Å². The number of carbonyl (C=O) groups excluding carboxylic acids is 4. The van der Waals surface area contributed by atoms with Crippen LogP contribution < -0.4 is 16.0 Å². The zero-order chi connectivity index (χ0) is 29.4. The molecule has 40 heavy (non-hydrogen) atoms. The van der Waals surface area contributed by atoms with Crippen LogP contribution in [0.4, 0.5) is 4.79 Å². The van der Waals surface area contributed by atoms with Gasteiger partial charge in [0, 0.05) is 43.4 Å². The Morgan fingerprint density at radius 3 is 2.60 bits per heavy atom. The summed E-state index contributed by atoms with van der Waals surface area (Å²) in [5.74, 6) is -1.44. The average molecular weight is 557 g/mol. The van der Waals surface area contributed by atoms with Crippen molar-refractivity contribution in [2.45, 2.75) is 90.8 Å². The van der Waals surface area contributed by atoms with Crippen molar-refractivity contribution in [3.63, 3.8) is 0 Å². The second kappa shape index (κ2) is 13.6. The molecule has 1 aromatic heterocycles. The Morgan fingerprint density at radius 2 is 2.02 bits per heavy atom. The van der Waals surface area contributed by atoms with Crippen LogP contribution in [0.25, 0.3) is 0 Å². The van der Waals surface area contributed by atoms with E-state index >= 15 is 0 Å². The summed E-state index contributed by atoms with van der Waals surface area (Å²) < 4.78 is 11.3. The molecule has 218 valence electrons. The Kier molecular flexibility index (Phi) is 10.5. The molecule has 4 amide bonds. The predicted octanol–water partition coefficient (Wildman–Crippen LogP) is 1.65. The number of hydrogen-bond acceptors (Lipinski definition) is 8. The number of nitrogens with zero attached hydrogens (tertiary/aromatic N) is 3. The highest BCUT2D eigenvalue weighted by molar-refractivity contribution is 5.92. The third-order valence-corrected chi connectivity index (χ3v) is 6.94.